The zero-order valence-corrected chi connectivity index (χ0v) is 18.3. The first-order valence-electron chi connectivity index (χ1n) is 10.2. The molecule has 2 aromatic rings. The van der Waals surface area contributed by atoms with Crippen LogP contribution in [0.4, 0.5) is 5.00 Å². The van der Waals surface area contributed by atoms with Crippen molar-refractivity contribution in [3.8, 4) is 0 Å². The highest BCUT2D eigenvalue weighted by molar-refractivity contribution is 7.14. The van der Waals surface area contributed by atoms with E-state index in [4.69, 9.17) is 4.99 Å². The van der Waals surface area contributed by atoms with Crippen molar-refractivity contribution in [2.75, 3.05) is 38.6 Å². The normalized spacial score (nSPS) is 15.3. The van der Waals surface area contributed by atoms with Crippen LogP contribution in [-0.4, -0.2) is 56.5 Å². The highest BCUT2D eigenvalue weighted by Gasteiger charge is 2.20. The number of amides is 1. The SMILES string of the molecule is CCNC(=NCc1ccc(C(=O)N(C)C)cc1)NC1CCN(c2cccs2)CC1. The maximum atomic E-state index is 12.0. The molecule has 2 heterocycles. The van der Waals surface area contributed by atoms with Gasteiger partial charge in [0, 0.05) is 45.3 Å². The number of carbonyl (C=O) groups is 1. The van der Waals surface area contributed by atoms with E-state index in [1.165, 1.54) is 5.00 Å². The standard InChI is InChI=1S/C22H31N5OS/c1-4-23-22(24-16-17-7-9-18(10-8-17)21(28)26(2)3)25-19-11-13-27(14-12-19)20-6-5-15-29-20/h5-10,15,19H,4,11-14,16H2,1-3H3,(H2,23,24,25). The van der Waals surface area contributed by atoms with Crippen molar-refractivity contribution in [1.29, 1.82) is 0 Å². The summed E-state index contributed by atoms with van der Waals surface area (Å²) in [4.78, 5) is 20.8. The number of guanidine groups is 1. The lowest BCUT2D eigenvalue weighted by Crippen LogP contribution is -2.48. The number of hydrogen-bond acceptors (Lipinski definition) is 4. The number of nitrogens with zero attached hydrogens (tertiary/aromatic N) is 3. The number of nitrogens with one attached hydrogen (secondary N) is 2. The fraction of sp³-hybridized carbons (Fsp3) is 0.455. The Hall–Kier alpha value is -2.54. The van der Waals surface area contributed by atoms with Crippen molar-refractivity contribution in [3.63, 3.8) is 0 Å². The van der Waals surface area contributed by atoms with E-state index < -0.39 is 0 Å². The van der Waals surface area contributed by atoms with Gasteiger partial charge >= 0.3 is 0 Å². The fourth-order valence-electron chi connectivity index (χ4n) is 3.39. The molecular formula is C22H31N5OS. The van der Waals surface area contributed by atoms with E-state index in [2.05, 4.69) is 40.0 Å². The Morgan fingerprint density at radius 2 is 1.93 bits per heavy atom. The first-order chi connectivity index (χ1) is 14.1. The predicted octanol–water partition coefficient (Wildman–Crippen LogP) is 3.17. The van der Waals surface area contributed by atoms with Crippen molar-refractivity contribution >= 4 is 28.2 Å². The lowest BCUT2D eigenvalue weighted by molar-refractivity contribution is 0.0827. The molecule has 1 aromatic carbocycles. The second-order valence-electron chi connectivity index (χ2n) is 7.45. The van der Waals surface area contributed by atoms with Gasteiger partial charge in [-0.05, 0) is 55.0 Å². The molecule has 0 atom stereocenters. The van der Waals surface area contributed by atoms with Gasteiger partial charge in [0.1, 0.15) is 0 Å². The van der Waals surface area contributed by atoms with Crippen LogP contribution in [0.25, 0.3) is 0 Å². The van der Waals surface area contributed by atoms with Crippen molar-refractivity contribution in [2.24, 2.45) is 4.99 Å². The Bertz CT molecular complexity index is 793. The van der Waals surface area contributed by atoms with Crippen LogP contribution in [0.1, 0.15) is 35.7 Å². The molecule has 0 spiro atoms. The molecule has 156 valence electrons. The molecule has 29 heavy (non-hydrogen) atoms. The summed E-state index contributed by atoms with van der Waals surface area (Å²) in [7, 11) is 3.53. The molecule has 0 aliphatic carbocycles. The number of thiophene rings is 1. The molecule has 2 N–H and O–H groups in total. The molecular weight excluding hydrogens is 382 g/mol. The van der Waals surface area contributed by atoms with Gasteiger partial charge in [0.2, 0.25) is 0 Å². The van der Waals surface area contributed by atoms with Crippen molar-refractivity contribution in [1.82, 2.24) is 15.5 Å². The molecule has 7 heteroatoms. The fourth-order valence-corrected chi connectivity index (χ4v) is 4.17. The summed E-state index contributed by atoms with van der Waals surface area (Å²) in [5.74, 6) is 0.875. The Labute approximate surface area is 177 Å². The first kappa shape index (κ1) is 21.2. The summed E-state index contributed by atoms with van der Waals surface area (Å²) in [6, 6.07) is 12.4. The highest BCUT2D eigenvalue weighted by Crippen LogP contribution is 2.24. The summed E-state index contributed by atoms with van der Waals surface area (Å²) >= 11 is 1.81. The number of anilines is 1. The van der Waals surface area contributed by atoms with Gasteiger partial charge in [-0.1, -0.05) is 12.1 Å². The van der Waals surface area contributed by atoms with Crippen LogP contribution < -0.4 is 15.5 Å². The van der Waals surface area contributed by atoms with E-state index in [-0.39, 0.29) is 5.91 Å². The van der Waals surface area contributed by atoms with Crippen molar-refractivity contribution in [2.45, 2.75) is 32.4 Å². The minimum Gasteiger partial charge on any atom is -0.363 e. The summed E-state index contributed by atoms with van der Waals surface area (Å²) < 4.78 is 0. The molecule has 0 bridgehead atoms. The molecule has 0 unspecified atom stereocenters. The minimum absolute atomic E-state index is 0.0175. The van der Waals surface area contributed by atoms with Crippen molar-refractivity contribution < 1.29 is 4.79 Å². The monoisotopic (exact) mass is 413 g/mol. The maximum absolute atomic E-state index is 12.0. The average molecular weight is 414 g/mol. The number of carbonyl (C=O) groups excluding carboxylic acids is 1. The van der Waals surface area contributed by atoms with Crippen LogP contribution in [0.5, 0.6) is 0 Å². The zero-order chi connectivity index (χ0) is 20.6. The van der Waals surface area contributed by atoms with Crippen molar-refractivity contribution in [3.05, 3.63) is 52.9 Å². The first-order valence-corrected chi connectivity index (χ1v) is 11.1. The van der Waals surface area contributed by atoms with Gasteiger partial charge in [-0.15, -0.1) is 11.3 Å². The largest absolute Gasteiger partial charge is 0.363 e. The van der Waals surface area contributed by atoms with Gasteiger partial charge in [0.25, 0.3) is 5.91 Å². The Kier molecular flexibility index (Phi) is 7.52. The van der Waals surface area contributed by atoms with Crippen LogP contribution in [0.3, 0.4) is 0 Å². The summed E-state index contributed by atoms with van der Waals surface area (Å²) in [5.41, 5.74) is 1.79. The smallest absolute Gasteiger partial charge is 0.253 e. The third-order valence-electron chi connectivity index (χ3n) is 5.02. The molecule has 1 aliphatic heterocycles. The van der Waals surface area contributed by atoms with Crippen LogP contribution in [-0.2, 0) is 6.54 Å². The van der Waals surface area contributed by atoms with Gasteiger partial charge in [0.05, 0.1) is 11.5 Å². The van der Waals surface area contributed by atoms with Gasteiger partial charge in [-0.2, -0.15) is 0 Å². The quantitative estimate of drug-likeness (QED) is 0.564. The topological polar surface area (TPSA) is 60.0 Å². The van der Waals surface area contributed by atoms with E-state index in [0.29, 0.717) is 18.2 Å². The second-order valence-corrected chi connectivity index (χ2v) is 8.37. The molecule has 1 amide bonds. The molecule has 0 saturated carbocycles. The van der Waals surface area contributed by atoms with Crippen LogP contribution in [0.15, 0.2) is 46.8 Å². The Morgan fingerprint density at radius 1 is 1.21 bits per heavy atom. The third kappa shape index (κ3) is 5.97. The lowest BCUT2D eigenvalue weighted by Gasteiger charge is -2.33. The predicted molar refractivity (Wildman–Crippen MR) is 122 cm³/mol. The van der Waals surface area contributed by atoms with Gasteiger partial charge in [-0.3, -0.25) is 4.79 Å². The number of hydrogen-bond donors (Lipinski definition) is 2. The third-order valence-corrected chi connectivity index (χ3v) is 5.95. The average Bonchev–Trinajstić information content (AvgIpc) is 3.27. The number of piperidine rings is 1. The molecule has 1 aromatic heterocycles. The summed E-state index contributed by atoms with van der Waals surface area (Å²) in [6.45, 7) is 5.63. The highest BCUT2D eigenvalue weighted by atomic mass is 32.1. The van der Waals surface area contributed by atoms with Gasteiger partial charge in [-0.25, -0.2) is 4.99 Å². The van der Waals surface area contributed by atoms with Gasteiger partial charge < -0.3 is 20.4 Å². The molecule has 6 nitrogen and oxygen atoms in total. The van der Waals surface area contributed by atoms with Gasteiger partial charge in [0.15, 0.2) is 5.96 Å². The van der Waals surface area contributed by atoms with Crippen LogP contribution in [0.2, 0.25) is 0 Å². The minimum atomic E-state index is 0.0175. The number of aliphatic imine (C=N–C) groups is 1. The van der Waals surface area contributed by atoms with Crippen LogP contribution >= 0.6 is 11.3 Å². The summed E-state index contributed by atoms with van der Waals surface area (Å²) in [5, 5.41) is 10.4. The molecule has 1 aliphatic rings. The number of benzene rings is 1. The second kappa shape index (κ2) is 10.3. The van der Waals surface area contributed by atoms with E-state index in [1.807, 2.05) is 35.6 Å². The molecule has 1 saturated heterocycles. The zero-order valence-electron chi connectivity index (χ0n) is 17.5. The Morgan fingerprint density at radius 3 is 2.52 bits per heavy atom. The molecule has 3 rings (SSSR count). The van der Waals surface area contributed by atoms with Crippen LogP contribution in [0, 0.1) is 0 Å². The molecule has 0 radical (unpaired) electrons. The maximum Gasteiger partial charge on any atom is 0.253 e. The number of rotatable bonds is 6. The lowest BCUT2D eigenvalue weighted by atomic mass is 10.1. The van der Waals surface area contributed by atoms with E-state index >= 15 is 0 Å². The van der Waals surface area contributed by atoms with E-state index in [9.17, 15) is 4.79 Å². The van der Waals surface area contributed by atoms with E-state index in [1.54, 1.807) is 19.0 Å². The Balaban J connectivity index is 1.54. The molecule has 1 fully saturated rings. The van der Waals surface area contributed by atoms with E-state index in [0.717, 1.165) is 44.0 Å². The summed E-state index contributed by atoms with van der Waals surface area (Å²) in [6.07, 6.45) is 2.20.